The lowest BCUT2D eigenvalue weighted by Crippen LogP contribution is -2.54. The molecule has 1 aromatic rings. The molecule has 0 aliphatic rings. The minimum atomic E-state index is -0.657. The highest BCUT2D eigenvalue weighted by Crippen LogP contribution is 2.19. The summed E-state index contributed by atoms with van der Waals surface area (Å²) in [6.45, 7) is 5.71. The number of thiocarbonyl (C=S) groups is 1. The Morgan fingerprint density at radius 1 is 1.56 bits per heavy atom. The predicted octanol–water partition coefficient (Wildman–Crippen LogP) is 2.94. The Balaban J connectivity index is 3.02. The van der Waals surface area contributed by atoms with Crippen LogP contribution in [0.4, 0.5) is 0 Å². The van der Waals surface area contributed by atoms with Gasteiger partial charge in [0.2, 0.25) is 0 Å². The van der Waals surface area contributed by atoms with Crippen molar-refractivity contribution in [1.82, 2.24) is 5.32 Å². The number of hydrogen-bond acceptors (Lipinski definition) is 2. The van der Waals surface area contributed by atoms with Gasteiger partial charge in [-0.2, -0.15) is 0 Å². The molecule has 0 saturated carbocycles. The summed E-state index contributed by atoms with van der Waals surface area (Å²) in [7, 11) is 0. The van der Waals surface area contributed by atoms with Gasteiger partial charge < -0.3 is 11.1 Å². The van der Waals surface area contributed by atoms with Crippen LogP contribution in [0.3, 0.4) is 0 Å². The van der Waals surface area contributed by atoms with Crippen LogP contribution in [0, 0.1) is 6.92 Å². The van der Waals surface area contributed by atoms with Gasteiger partial charge in [-0.05, 0) is 48.3 Å². The number of amides is 1. The molecule has 1 rings (SSSR count). The zero-order valence-electron chi connectivity index (χ0n) is 10.7. The molecular formula is C13H17BrN2OS. The molecule has 0 aliphatic carbocycles. The van der Waals surface area contributed by atoms with Crippen LogP contribution in [-0.2, 0) is 0 Å². The van der Waals surface area contributed by atoms with Crippen molar-refractivity contribution in [3.63, 3.8) is 0 Å². The van der Waals surface area contributed by atoms with E-state index in [1.807, 2.05) is 39.0 Å². The largest absolute Gasteiger partial charge is 0.391 e. The van der Waals surface area contributed by atoms with Gasteiger partial charge in [0.1, 0.15) is 0 Å². The molecule has 0 heterocycles. The van der Waals surface area contributed by atoms with Crippen molar-refractivity contribution in [2.45, 2.75) is 32.7 Å². The number of nitrogens with one attached hydrogen (secondary N) is 1. The third-order valence-corrected chi connectivity index (χ3v) is 4.15. The maximum atomic E-state index is 12.2. The van der Waals surface area contributed by atoms with E-state index in [0.29, 0.717) is 17.0 Å². The molecule has 0 bridgehead atoms. The van der Waals surface area contributed by atoms with Crippen LogP contribution < -0.4 is 11.1 Å². The van der Waals surface area contributed by atoms with E-state index in [-0.39, 0.29) is 5.91 Å². The molecule has 3 nitrogen and oxygen atoms in total. The first-order valence-electron chi connectivity index (χ1n) is 5.68. The third kappa shape index (κ3) is 3.29. The predicted molar refractivity (Wildman–Crippen MR) is 81.8 cm³/mol. The number of carbonyl (C=O) groups is 1. The summed E-state index contributed by atoms with van der Waals surface area (Å²) in [4.78, 5) is 12.5. The van der Waals surface area contributed by atoms with Gasteiger partial charge >= 0.3 is 0 Å². The summed E-state index contributed by atoms with van der Waals surface area (Å²) in [5.41, 5.74) is 6.64. The fraction of sp³-hybridized carbons (Fsp3) is 0.385. The molecule has 0 saturated heterocycles. The average Bonchev–Trinajstić information content (AvgIpc) is 2.31. The molecule has 1 unspecified atom stereocenters. The van der Waals surface area contributed by atoms with E-state index < -0.39 is 5.54 Å². The highest BCUT2D eigenvalue weighted by molar-refractivity contribution is 9.10. The van der Waals surface area contributed by atoms with Gasteiger partial charge in [-0.3, -0.25) is 4.79 Å². The SMILES string of the molecule is CCC(C)(NC(=O)c1cc(C)ccc1Br)C(N)=S. The molecule has 1 aromatic carbocycles. The second kappa shape index (κ2) is 5.80. The highest BCUT2D eigenvalue weighted by atomic mass is 79.9. The first-order chi connectivity index (χ1) is 8.30. The molecule has 0 aromatic heterocycles. The van der Waals surface area contributed by atoms with Crippen LogP contribution in [0.15, 0.2) is 22.7 Å². The van der Waals surface area contributed by atoms with Gasteiger partial charge in [0.25, 0.3) is 5.91 Å². The molecule has 3 N–H and O–H groups in total. The van der Waals surface area contributed by atoms with Gasteiger partial charge in [-0.25, -0.2) is 0 Å². The summed E-state index contributed by atoms with van der Waals surface area (Å²) in [5, 5.41) is 2.89. The minimum absolute atomic E-state index is 0.178. The maximum Gasteiger partial charge on any atom is 0.253 e. The van der Waals surface area contributed by atoms with Gasteiger partial charge in [0, 0.05) is 4.47 Å². The van der Waals surface area contributed by atoms with Crippen LogP contribution in [0.2, 0.25) is 0 Å². The Morgan fingerprint density at radius 3 is 2.67 bits per heavy atom. The topological polar surface area (TPSA) is 55.1 Å². The first-order valence-corrected chi connectivity index (χ1v) is 6.89. The van der Waals surface area contributed by atoms with Crippen molar-refractivity contribution in [1.29, 1.82) is 0 Å². The molecular weight excluding hydrogens is 312 g/mol. The van der Waals surface area contributed by atoms with Crippen molar-refractivity contribution >= 4 is 39.0 Å². The molecule has 1 atom stereocenters. The highest BCUT2D eigenvalue weighted by Gasteiger charge is 2.28. The second-order valence-corrected chi connectivity index (χ2v) is 5.78. The Bertz CT molecular complexity index is 490. The van der Waals surface area contributed by atoms with Crippen molar-refractivity contribution in [3.05, 3.63) is 33.8 Å². The van der Waals surface area contributed by atoms with E-state index in [1.165, 1.54) is 0 Å². The third-order valence-electron chi connectivity index (χ3n) is 3.01. The van der Waals surface area contributed by atoms with Crippen molar-refractivity contribution in [2.24, 2.45) is 5.73 Å². The average molecular weight is 329 g/mol. The number of rotatable bonds is 4. The monoisotopic (exact) mass is 328 g/mol. The quantitative estimate of drug-likeness (QED) is 0.835. The second-order valence-electron chi connectivity index (χ2n) is 4.49. The van der Waals surface area contributed by atoms with Crippen LogP contribution in [0.5, 0.6) is 0 Å². The molecule has 0 radical (unpaired) electrons. The van der Waals surface area contributed by atoms with Crippen LogP contribution >= 0.6 is 28.1 Å². The van der Waals surface area contributed by atoms with Crippen molar-refractivity contribution in [2.75, 3.05) is 0 Å². The lowest BCUT2D eigenvalue weighted by Gasteiger charge is -2.28. The molecule has 0 spiro atoms. The Labute approximate surface area is 121 Å². The number of benzene rings is 1. The molecule has 0 aliphatic heterocycles. The number of aryl methyl sites for hydroxylation is 1. The molecule has 1 amide bonds. The molecule has 5 heteroatoms. The number of halogens is 1. The lowest BCUT2D eigenvalue weighted by molar-refractivity contribution is 0.0925. The number of hydrogen-bond donors (Lipinski definition) is 2. The minimum Gasteiger partial charge on any atom is -0.391 e. The van der Waals surface area contributed by atoms with Crippen LogP contribution in [0.1, 0.15) is 36.2 Å². The Hall–Kier alpha value is -0.940. The summed E-state index contributed by atoms with van der Waals surface area (Å²) in [6.07, 6.45) is 0.650. The van der Waals surface area contributed by atoms with Gasteiger partial charge in [0.15, 0.2) is 0 Å². The van der Waals surface area contributed by atoms with E-state index in [2.05, 4.69) is 21.2 Å². The van der Waals surface area contributed by atoms with Gasteiger partial charge in [-0.15, -0.1) is 0 Å². The number of carbonyl (C=O) groups excluding carboxylic acids is 1. The molecule has 98 valence electrons. The first kappa shape index (κ1) is 15.1. The molecule has 0 fully saturated rings. The van der Waals surface area contributed by atoms with E-state index in [0.717, 1.165) is 10.0 Å². The van der Waals surface area contributed by atoms with Crippen LogP contribution in [0.25, 0.3) is 0 Å². The van der Waals surface area contributed by atoms with Crippen LogP contribution in [-0.4, -0.2) is 16.4 Å². The smallest absolute Gasteiger partial charge is 0.253 e. The Morgan fingerprint density at radius 2 is 2.17 bits per heavy atom. The zero-order chi connectivity index (χ0) is 13.9. The summed E-state index contributed by atoms with van der Waals surface area (Å²) < 4.78 is 0.756. The fourth-order valence-electron chi connectivity index (χ4n) is 1.46. The zero-order valence-corrected chi connectivity index (χ0v) is 13.1. The van der Waals surface area contributed by atoms with E-state index >= 15 is 0 Å². The fourth-order valence-corrected chi connectivity index (χ4v) is 2.08. The van der Waals surface area contributed by atoms with E-state index in [1.54, 1.807) is 0 Å². The molecule has 18 heavy (non-hydrogen) atoms. The normalized spacial score (nSPS) is 13.8. The van der Waals surface area contributed by atoms with Crippen molar-refractivity contribution < 1.29 is 4.79 Å². The van der Waals surface area contributed by atoms with E-state index in [4.69, 9.17) is 18.0 Å². The van der Waals surface area contributed by atoms with E-state index in [9.17, 15) is 4.79 Å². The summed E-state index contributed by atoms with van der Waals surface area (Å²) in [5.74, 6) is -0.178. The number of nitrogens with two attached hydrogens (primary N) is 1. The summed E-state index contributed by atoms with van der Waals surface area (Å²) in [6, 6.07) is 5.62. The maximum absolute atomic E-state index is 12.2. The van der Waals surface area contributed by atoms with Gasteiger partial charge in [-0.1, -0.05) is 30.8 Å². The standard InChI is InChI=1S/C13H17BrN2OS/c1-4-13(3,12(15)18)16-11(17)9-7-8(2)5-6-10(9)14/h5-7H,4H2,1-3H3,(H2,15,18)(H,16,17). The van der Waals surface area contributed by atoms with Gasteiger partial charge in [0.05, 0.1) is 16.1 Å². The Kier molecular flexibility index (Phi) is 4.87. The summed E-state index contributed by atoms with van der Waals surface area (Å²) >= 11 is 8.38. The van der Waals surface area contributed by atoms with Crippen molar-refractivity contribution in [3.8, 4) is 0 Å². The lowest BCUT2D eigenvalue weighted by atomic mass is 9.98.